The molecule has 1 aliphatic heterocycles. The van der Waals surface area contributed by atoms with Crippen LogP contribution < -0.4 is 5.32 Å². The molecule has 27 heavy (non-hydrogen) atoms. The number of carbonyl (C=O) groups is 2. The Morgan fingerprint density at radius 3 is 2.59 bits per heavy atom. The zero-order valence-corrected chi connectivity index (χ0v) is 17.2. The van der Waals surface area contributed by atoms with Gasteiger partial charge in [-0.05, 0) is 66.0 Å². The molecule has 0 radical (unpaired) electrons. The van der Waals surface area contributed by atoms with E-state index in [2.05, 4.69) is 20.3 Å². The van der Waals surface area contributed by atoms with Crippen molar-refractivity contribution in [2.24, 2.45) is 0 Å². The van der Waals surface area contributed by atoms with E-state index in [1.54, 1.807) is 11.8 Å². The molecule has 1 fully saturated rings. The summed E-state index contributed by atoms with van der Waals surface area (Å²) >= 11 is 0. The molecule has 2 heterocycles. The lowest BCUT2D eigenvalue weighted by atomic mass is 10.1. The van der Waals surface area contributed by atoms with Crippen molar-refractivity contribution in [3.63, 3.8) is 0 Å². The van der Waals surface area contributed by atoms with Crippen molar-refractivity contribution < 1.29 is 19.1 Å². The number of anilines is 1. The maximum atomic E-state index is 12.2. The van der Waals surface area contributed by atoms with E-state index in [-0.39, 0.29) is 12.1 Å². The lowest BCUT2D eigenvalue weighted by molar-refractivity contribution is -0.128. The van der Waals surface area contributed by atoms with Crippen molar-refractivity contribution in [1.82, 2.24) is 15.1 Å². The minimum absolute atomic E-state index is 0.178. The van der Waals surface area contributed by atoms with E-state index in [9.17, 15) is 9.59 Å². The number of amides is 1. The van der Waals surface area contributed by atoms with Gasteiger partial charge in [-0.2, -0.15) is 5.10 Å². The molecule has 1 aromatic rings. The SMILES string of the molecule is CCOC=O.Cc1cc(C)c(NC2CCCN(C(=O)OC(C)(C)C)C2)nn1. The summed E-state index contributed by atoms with van der Waals surface area (Å²) in [6.45, 7) is 13.6. The first kappa shape index (κ1) is 22.7. The zero-order chi connectivity index (χ0) is 20.4. The van der Waals surface area contributed by atoms with Gasteiger partial charge in [0.05, 0.1) is 12.3 Å². The lowest BCUT2D eigenvalue weighted by Crippen LogP contribution is -2.47. The molecular formula is C19H32N4O4. The number of aromatic nitrogens is 2. The molecule has 0 spiro atoms. The van der Waals surface area contributed by atoms with Gasteiger partial charge in [-0.1, -0.05) is 0 Å². The highest BCUT2D eigenvalue weighted by Crippen LogP contribution is 2.19. The molecule has 1 amide bonds. The summed E-state index contributed by atoms with van der Waals surface area (Å²) in [5.74, 6) is 0.793. The van der Waals surface area contributed by atoms with E-state index in [0.29, 0.717) is 19.6 Å². The molecule has 0 bridgehead atoms. The summed E-state index contributed by atoms with van der Waals surface area (Å²) in [6.07, 6.45) is 1.72. The van der Waals surface area contributed by atoms with Crippen LogP contribution in [0.2, 0.25) is 0 Å². The van der Waals surface area contributed by atoms with E-state index < -0.39 is 5.60 Å². The van der Waals surface area contributed by atoms with Crippen LogP contribution in [0.15, 0.2) is 6.07 Å². The lowest BCUT2D eigenvalue weighted by Gasteiger charge is -2.34. The first-order valence-corrected chi connectivity index (χ1v) is 9.27. The molecule has 1 saturated heterocycles. The third-order valence-electron chi connectivity index (χ3n) is 3.76. The summed E-state index contributed by atoms with van der Waals surface area (Å²) in [6, 6.07) is 2.18. The number of carbonyl (C=O) groups excluding carboxylic acids is 2. The monoisotopic (exact) mass is 380 g/mol. The molecular weight excluding hydrogens is 348 g/mol. The van der Waals surface area contributed by atoms with Crippen LogP contribution in [0.3, 0.4) is 0 Å². The molecule has 152 valence electrons. The minimum Gasteiger partial charge on any atom is -0.468 e. The topological polar surface area (TPSA) is 93.7 Å². The van der Waals surface area contributed by atoms with Crippen molar-refractivity contribution in [1.29, 1.82) is 0 Å². The van der Waals surface area contributed by atoms with E-state index >= 15 is 0 Å². The minimum atomic E-state index is -0.462. The van der Waals surface area contributed by atoms with Crippen LogP contribution in [0, 0.1) is 13.8 Å². The largest absolute Gasteiger partial charge is 0.468 e. The number of hydrogen-bond acceptors (Lipinski definition) is 7. The summed E-state index contributed by atoms with van der Waals surface area (Å²) in [7, 11) is 0. The fourth-order valence-corrected chi connectivity index (χ4v) is 2.61. The molecule has 2 rings (SSSR count). The molecule has 1 unspecified atom stereocenters. The Balaban J connectivity index is 0.000000646. The standard InChI is InChI=1S/C16H26N4O2.C3H6O2/c1-11-9-12(2)18-19-14(11)17-13-7-6-8-20(10-13)15(21)22-16(3,4)5;1-2-5-3-4/h9,13H,6-8,10H2,1-5H3,(H,17,19);3H,2H2,1H3. The van der Waals surface area contributed by atoms with Gasteiger partial charge in [0.15, 0.2) is 5.82 Å². The fourth-order valence-electron chi connectivity index (χ4n) is 2.61. The predicted octanol–water partition coefficient (Wildman–Crippen LogP) is 3.08. The highest BCUT2D eigenvalue weighted by atomic mass is 16.6. The number of ether oxygens (including phenoxy) is 2. The number of nitrogens with zero attached hydrogens (tertiary/aromatic N) is 3. The highest BCUT2D eigenvalue weighted by molar-refractivity contribution is 5.68. The zero-order valence-electron chi connectivity index (χ0n) is 17.2. The first-order chi connectivity index (χ1) is 12.7. The fraction of sp³-hybridized carbons (Fsp3) is 0.684. The van der Waals surface area contributed by atoms with Crippen LogP contribution >= 0.6 is 0 Å². The van der Waals surface area contributed by atoms with Gasteiger partial charge < -0.3 is 19.7 Å². The normalized spacial score (nSPS) is 16.7. The van der Waals surface area contributed by atoms with Crippen molar-refractivity contribution in [3.05, 3.63) is 17.3 Å². The summed E-state index contributed by atoms with van der Waals surface area (Å²) in [5.41, 5.74) is 1.51. The maximum absolute atomic E-state index is 12.2. The van der Waals surface area contributed by atoms with Gasteiger partial charge in [-0.15, -0.1) is 5.10 Å². The van der Waals surface area contributed by atoms with Crippen molar-refractivity contribution in [2.45, 2.75) is 66.0 Å². The van der Waals surface area contributed by atoms with E-state index in [1.807, 2.05) is 40.7 Å². The number of hydrogen-bond donors (Lipinski definition) is 1. The highest BCUT2D eigenvalue weighted by Gasteiger charge is 2.27. The maximum Gasteiger partial charge on any atom is 0.410 e. The molecule has 0 aliphatic carbocycles. The molecule has 8 nitrogen and oxygen atoms in total. The van der Waals surface area contributed by atoms with Crippen LogP contribution in [0.5, 0.6) is 0 Å². The second-order valence-corrected chi connectivity index (χ2v) is 7.48. The quantitative estimate of drug-likeness (QED) is 0.802. The summed E-state index contributed by atoms with van der Waals surface area (Å²) in [5, 5.41) is 11.7. The second-order valence-electron chi connectivity index (χ2n) is 7.48. The molecule has 0 saturated carbocycles. The summed E-state index contributed by atoms with van der Waals surface area (Å²) < 4.78 is 9.60. The Bertz CT molecular complexity index is 616. The van der Waals surface area contributed by atoms with Crippen molar-refractivity contribution >= 4 is 18.4 Å². The average molecular weight is 380 g/mol. The molecule has 1 aliphatic rings. The Hall–Kier alpha value is -2.38. The third-order valence-corrected chi connectivity index (χ3v) is 3.76. The number of piperidine rings is 1. The Morgan fingerprint density at radius 2 is 2.07 bits per heavy atom. The van der Waals surface area contributed by atoms with Gasteiger partial charge in [0.1, 0.15) is 5.60 Å². The predicted molar refractivity (Wildman–Crippen MR) is 104 cm³/mol. The summed E-state index contributed by atoms with van der Waals surface area (Å²) in [4.78, 5) is 23.1. The van der Waals surface area contributed by atoms with Gasteiger partial charge in [0.2, 0.25) is 0 Å². The van der Waals surface area contributed by atoms with Crippen LogP contribution in [-0.4, -0.2) is 59.0 Å². The third kappa shape index (κ3) is 8.70. The van der Waals surface area contributed by atoms with Gasteiger partial charge in [0, 0.05) is 19.1 Å². The number of nitrogens with one attached hydrogen (secondary N) is 1. The average Bonchev–Trinajstić information content (AvgIpc) is 2.57. The van der Waals surface area contributed by atoms with Gasteiger partial charge in [0.25, 0.3) is 6.47 Å². The van der Waals surface area contributed by atoms with E-state index in [0.717, 1.165) is 36.5 Å². The van der Waals surface area contributed by atoms with Crippen molar-refractivity contribution in [2.75, 3.05) is 25.0 Å². The number of rotatable bonds is 4. The Morgan fingerprint density at radius 1 is 1.37 bits per heavy atom. The van der Waals surface area contributed by atoms with E-state index in [4.69, 9.17) is 4.74 Å². The molecule has 0 aromatic carbocycles. The second kappa shape index (κ2) is 10.7. The molecule has 8 heteroatoms. The Kier molecular flexibility index (Phi) is 8.97. The van der Waals surface area contributed by atoms with Gasteiger partial charge in [-0.25, -0.2) is 4.79 Å². The number of aryl methyl sites for hydroxylation is 2. The Labute approximate surface area is 161 Å². The van der Waals surface area contributed by atoms with Crippen LogP contribution in [0.25, 0.3) is 0 Å². The van der Waals surface area contributed by atoms with Crippen LogP contribution in [0.4, 0.5) is 10.6 Å². The van der Waals surface area contributed by atoms with Gasteiger partial charge >= 0.3 is 6.09 Å². The smallest absolute Gasteiger partial charge is 0.410 e. The van der Waals surface area contributed by atoms with Crippen molar-refractivity contribution in [3.8, 4) is 0 Å². The number of likely N-dealkylation sites (tertiary alicyclic amines) is 1. The van der Waals surface area contributed by atoms with Gasteiger partial charge in [-0.3, -0.25) is 4.79 Å². The van der Waals surface area contributed by atoms with Crippen LogP contribution in [-0.2, 0) is 14.3 Å². The van der Waals surface area contributed by atoms with Crippen LogP contribution in [0.1, 0.15) is 51.8 Å². The van der Waals surface area contributed by atoms with E-state index in [1.165, 1.54) is 0 Å². The molecule has 1 atom stereocenters. The molecule has 1 N–H and O–H groups in total. The molecule has 1 aromatic heterocycles. The first-order valence-electron chi connectivity index (χ1n) is 9.27.